The van der Waals surface area contributed by atoms with Crippen LogP contribution in [0.4, 0.5) is 0 Å². The Hall–Kier alpha value is -0.220. The van der Waals surface area contributed by atoms with Gasteiger partial charge in [-0.25, -0.2) is 0 Å². The predicted molar refractivity (Wildman–Crippen MR) is 89.3 cm³/mol. The van der Waals surface area contributed by atoms with E-state index < -0.39 is 0 Å². The maximum Gasteiger partial charge on any atom is 0.230 e. The van der Waals surface area contributed by atoms with Crippen LogP contribution < -0.4 is 5.32 Å². The van der Waals surface area contributed by atoms with Gasteiger partial charge in [-0.3, -0.25) is 4.79 Å². The normalized spacial score (nSPS) is 17.4. The molecule has 0 aliphatic heterocycles. The minimum absolute atomic E-state index is 0.165. The van der Waals surface area contributed by atoms with Crippen LogP contribution in [0, 0.1) is 0 Å². The quantitative estimate of drug-likeness (QED) is 0.732. The summed E-state index contributed by atoms with van der Waals surface area (Å²) in [7, 11) is 2.23. The molecule has 0 atom stereocenters. The van der Waals surface area contributed by atoms with Crippen LogP contribution in [-0.2, 0) is 4.79 Å². The highest BCUT2D eigenvalue weighted by Crippen LogP contribution is 2.22. The molecular weight excluding hydrogens is 268 g/mol. The van der Waals surface area contributed by atoms with E-state index in [1.165, 1.54) is 32.1 Å². The summed E-state index contributed by atoms with van der Waals surface area (Å²) in [5.41, 5.74) is 0. The number of hydrogen-bond donors (Lipinski definition) is 1. The fraction of sp³-hybridized carbons (Fsp3) is 0.938. The van der Waals surface area contributed by atoms with Crippen molar-refractivity contribution < 1.29 is 4.79 Å². The second-order valence-electron chi connectivity index (χ2n) is 6.88. The second kappa shape index (κ2) is 8.93. The van der Waals surface area contributed by atoms with Gasteiger partial charge in [0.15, 0.2) is 0 Å². The summed E-state index contributed by atoms with van der Waals surface area (Å²) < 4.78 is 0.165. The third kappa shape index (κ3) is 8.15. The van der Waals surface area contributed by atoms with E-state index in [0.29, 0.717) is 5.75 Å². The van der Waals surface area contributed by atoms with Crippen LogP contribution in [0.2, 0.25) is 0 Å². The van der Waals surface area contributed by atoms with E-state index >= 15 is 0 Å². The van der Waals surface area contributed by atoms with Crippen molar-refractivity contribution in [2.75, 3.05) is 25.9 Å². The Morgan fingerprint density at radius 2 is 1.90 bits per heavy atom. The van der Waals surface area contributed by atoms with Crippen molar-refractivity contribution in [3.05, 3.63) is 0 Å². The Bertz CT molecular complexity index is 283. The third-order valence-corrected chi connectivity index (χ3v) is 5.12. The van der Waals surface area contributed by atoms with Crippen molar-refractivity contribution >= 4 is 17.7 Å². The van der Waals surface area contributed by atoms with E-state index in [9.17, 15) is 4.79 Å². The third-order valence-electron chi connectivity index (χ3n) is 3.84. The van der Waals surface area contributed by atoms with Crippen molar-refractivity contribution in [1.82, 2.24) is 10.2 Å². The molecule has 1 aliphatic carbocycles. The average Bonchev–Trinajstić information content (AvgIpc) is 2.41. The van der Waals surface area contributed by atoms with Crippen molar-refractivity contribution in [3.63, 3.8) is 0 Å². The summed E-state index contributed by atoms with van der Waals surface area (Å²) in [4.78, 5) is 14.2. The molecule has 0 unspecified atom stereocenters. The largest absolute Gasteiger partial charge is 0.355 e. The first-order valence-corrected chi connectivity index (χ1v) is 8.98. The number of carbonyl (C=O) groups is 1. The lowest BCUT2D eigenvalue weighted by Crippen LogP contribution is -2.36. The molecule has 3 nitrogen and oxygen atoms in total. The number of thioether (sulfide) groups is 1. The van der Waals surface area contributed by atoms with E-state index in [1.807, 2.05) is 0 Å². The smallest absolute Gasteiger partial charge is 0.230 e. The van der Waals surface area contributed by atoms with Gasteiger partial charge in [-0.1, -0.05) is 40.0 Å². The number of nitrogens with zero attached hydrogens (tertiary/aromatic N) is 1. The topological polar surface area (TPSA) is 32.3 Å². The van der Waals surface area contributed by atoms with Crippen molar-refractivity contribution in [2.45, 2.75) is 70.1 Å². The van der Waals surface area contributed by atoms with Gasteiger partial charge in [0.05, 0.1) is 5.75 Å². The minimum Gasteiger partial charge on any atom is -0.355 e. The molecule has 0 spiro atoms. The zero-order chi connectivity index (χ0) is 15.0. The molecule has 1 saturated carbocycles. The maximum absolute atomic E-state index is 11.7. The monoisotopic (exact) mass is 300 g/mol. The van der Waals surface area contributed by atoms with Crippen molar-refractivity contribution in [2.24, 2.45) is 0 Å². The van der Waals surface area contributed by atoms with Gasteiger partial charge in [-0.15, -0.1) is 11.8 Å². The van der Waals surface area contributed by atoms with Crippen molar-refractivity contribution in [3.8, 4) is 0 Å². The Labute approximate surface area is 129 Å². The Morgan fingerprint density at radius 1 is 1.25 bits per heavy atom. The molecular formula is C16H32N2OS. The molecule has 0 saturated heterocycles. The van der Waals surface area contributed by atoms with Gasteiger partial charge < -0.3 is 10.2 Å². The van der Waals surface area contributed by atoms with Crippen molar-refractivity contribution in [1.29, 1.82) is 0 Å². The van der Waals surface area contributed by atoms with Crippen LogP contribution in [-0.4, -0.2) is 47.5 Å². The molecule has 1 N–H and O–H groups in total. The molecule has 0 aromatic heterocycles. The minimum atomic E-state index is 0.165. The summed E-state index contributed by atoms with van der Waals surface area (Å²) in [5.74, 6) is 0.743. The Balaban J connectivity index is 2.04. The van der Waals surface area contributed by atoms with Gasteiger partial charge >= 0.3 is 0 Å². The van der Waals surface area contributed by atoms with Gasteiger partial charge in [0.25, 0.3) is 0 Å². The van der Waals surface area contributed by atoms with Gasteiger partial charge in [-0.05, 0) is 32.9 Å². The Kier molecular flexibility index (Phi) is 7.96. The number of carbonyl (C=O) groups excluding carboxylic acids is 1. The van der Waals surface area contributed by atoms with Crippen LogP contribution in [0.15, 0.2) is 0 Å². The first-order chi connectivity index (χ1) is 9.38. The zero-order valence-corrected chi connectivity index (χ0v) is 14.5. The number of amides is 1. The molecule has 0 heterocycles. The van der Waals surface area contributed by atoms with Crippen LogP contribution in [0.5, 0.6) is 0 Å². The fourth-order valence-corrected chi connectivity index (χ4v) is 3.26. The Morgan fingerprint density at radius 3 is 2.50 bits per heavy atom. The van der Waals surface area contributed by atoms with Crippen LogP contribution in [0.3, 0.4) is 0 Å². The lowest BCUT2D eigenvalue weighted by Gasteiger charge is -2.31. The molecule has 20 heavy (non-hydrogen) atoms. The maximum atomic E-state index is 11.7. The second-order valence-corrected chi connectivity index (χ2v) is 8.68. The summed E-state index contributed by atoms with van der Waals surface area (Å²) in [6.45, 7) is 8.33. The molecule has 1 rings (SSSR count). The first kappa shape index (κ1) is 17.8. The summed E-state index contributed by atoms with van der Waals surface area (Å²) in [6, 6.07) is 0.774. The number of nitrogens with one attached hydrogen (secondary N) is 1. The summed E-state index contributed by atoms with van der Waals surface area (Å²) in [5, 5.41) is 3.03. The predicted octanol–water partition coefficient (Wildman–Crippen LogP) is 3.29. The average molecular weight is 301 g/mol. The SMILES string of the molecule is CN(CCCNC(=O)CSC(C)(C)C)C1CCCCC1. The molecule has 1 aliphatic rings. The molecule has 1 fully saturated rings. The van der Waals surface area contributed by atoms with E-state index in [4.69, 9.17) is 0 Å². The standard InChI is InChI=1S/C16H32N2OS/c1-16(2,3)20-13-15(19)17-11-8-12-18(4)14-9-6-5-7-10-14/h14H,5-13H2,1-4H3,(H,17,19). The summed E-state index contributed by atoms with van der Waals surface area (Å²) >= 11 is 1.71. The van der Waals surface area contributed by atoms with E-state index in [1.54, 1.807) is 11.8 Å². The fourth-order valence-electron chi connectivity index (χ4n) is 2.59. The van der Waals surface area contributed by atoms with Crippen LogP contribution in [0.25, 0.3) is 0 Å². The number of rotatable bonds is 7. The van der Waals surface area contributed by atoms with Gasteiger partial charge in [0.1, 0.15) is 0 Å². The lowest BCUT2D eigenvalue weighted by molar-refractivity contribution is -0.118. The van der Waals surface area contributed by atoms with Gasteiger partial charge in [-0.2, -0.15) is 0 Å². The zero-order valence-electron chi connectivity index (χ0n) is 13.7. The first-order valence-electron chi connectivity index (χ1n) is 7.99. The molecule has 118 valence electrons. The summed E-state index contributed by atoms with van der Waals surface area (Å²) in [6.07, 6.45) is 7.94. The molecule has 4 heteroatoms. The molecule has 1 amide bonds. The highest BCUT2D eigenvalue weighted by molar-refractivity contribution is 8.01. The van der Waals surface area contributed by atoms with Gasteiger partial charge in [0, 0.05) is 17.3 Å². The highest BCUT2D eigenvalue weighted by atomic mass is 32.2. The highest BCUT2D eigenvalue weighted by Gasteiger charge is 2.17. The van der Waals surface area contributed by atoms with Crippen LogP contribution >= 0.6 is 11.8 Å². The van der Waals surface area contributed by atoms with E-state index in [0.717, 1.165) is 25.6 Å². The molecule has 0 bridgehead atoms. The van der Waals surface area contributed by atoms with Crippen LogP contribution in [0.1, 0.15) is 59.3 Å². The van der Waals surface area contributed by atoms with Gasteiger partial charge in [0.2, 0.25) is 5.91 Å². The van der Waals surface area contributed by atoms with E-state index in [2.05, 4.69) is 38.0 Å². The van der Waals surface area contributed by atoms with E-state index in [-0.39, 0.29) is 10.7 Å². The molecule has 0 radical (unpaired) electrons. The molecule has 0 aromatic carbocycles. The number of hydrogen-bond acceptors (Lipinski definition) is 3. The molecule has 0 aromatic rings. The lowest BCUT2D eigenvalue weighted by atomic mass is 9.94.